The first-order valence-corrected chi connectivity index (χ1v) is 7.34. The first-order valence-electron chi connectivity index (χ1n) is 7.34. The van der Waals surface area contributed by atoms with Crippen molar-refractivity contribution in [3.63, 3.8) is 0 Å². The Labute approximate surface area is 121 Å². The molecule has 0 amide bonds. The maximum Gasteiger partial charge on any atom is 0.0968 e. The lowest BCUT2D eigenvalue weighted by Crippen LogP contribution is -2.35. The number of rotatable bonds is 2. The van der Waals surface area contributed by atoms with Gasteiger partial charge in [-0.2, -0.15) is 0 Å². The number of allylic oxidation sites excluding steroid dienone is 7. The summed E-state index contributed by atoms with van der Waals surface area (Å²) in [5.41, 5.74) is 5.06. The molecule has 0 saturated carbocycles. The molecule has 2 atom stereocenters. The Hall–Kier alpha value is -1.41. The number of nitrogens with one attached hydrogen (secondary N) is 1. The van der Waals surface area contributed by atoms with Gasteiger partial charge in [-0.25, -0.2) is 4.39 Å². The largest absolute Gasteiger partial charge is 0.310 e. The summed E-state index contributed by atoms with van der Waals surface area (Å²) in [7, 11) is 0. The van der Waals surface area contributed by atoms with Gasteiger partial charge in [0.1, 0.15) is 0 Å². The highest BCUT2D eigenvalue weighted by atomic mass is 19.1. The summed E-state index contributed by atoms with van der Waals surface area (Å²) in [5, 5.41) is 3.51. The zero-order valence-corrected chi connectivity index (χ0v) is 12.8. The molecular formula is C18H24FN. The summed E-state index contributed by atoms with van der Waals surface area (Å²) < 4.78 is 12.9. The van der Waals surface area contributed by atoms with Gasteiger partial charge in [-0.1, -0.05) is 25.2 Å². The summed E-state index contributed by atoms with van der Waals surface area (Å²) in [6.45, 7) is 9.06. The van der Waals surface area contributed by atoms with Gasteiger partial charge in [-0.3, -0.25) is 0 Å². The van der Waals surface area contributed by atoms with E-state index in [0.29, 0.717) is 12.0 Å². The fourth-order valence-electron chi connectivity index (χ4n) is 2.67. The average Bonchev–Trinajstić information content (AvgIpc) is 2.73. The Morgan fingerprint density at radius 2 is 2.15 bits per heavy atom. The third-order valence-electron chi connectivity index (χ3n) is 3.95. The van der Waals surface area contributed by atoms with E-state index in [0.717, 1.165) is 13.0 Å². The molecule has 0 radical (unpaired) electrons. The molecule has 2 unspecified atom stereocenters. The Morgan fingerprint density at radius 1 is 1.40 bits per heavy atom. The van der Waals surface area contributed by atoms with Gasteiger partial charge in [0.25, 0.3) is 0 Å². The monoisotopic (exact) mass is 273 g/mol. The smallest absolute Gasteiger partial charge is 0.0968 e. The van der Waals surface area contributed by atoms with Crippen LogP contribution in [0.2, 0.25) is 0 Å². The van der Waals surface area contributed by atoms with Crippen molar-refractivity contribution in [1.29, 1.82) is 0 Å². The van der Waals surface area contributed by atoms with Gasteiger partial charge in [0.2, 0.25) is 0 Å². The molecule has 0 aromatic heterocycles. The maximum atomic E-state index is 12.9. The predicted molar refractivity (Wildman–Crippen MR) is 84.1 cm³/mol. The van der Waals surface area contributed by atoms with Crippen LogP contribution in [0.15, 0.2) is 58.5 Å². The summed E-state index contributed by atoms with van der Waals surface area (Å²) in [4.78, 5) is 0. The molecule has 0 aromatic carbocycles. The van der Waals surface area contributed by atoms with E-state index in [2.05, 4.69) is 44.3 Å². The number of halogens is 1. The van der Waals surface area contributed by atoms with Crippen LogP contribution in [0, 0.1) is 5.92 Å². The summed E-state index contributed by atoms with van der Waals surface area (Å²) in [5.74, 6) is 0.408. The van der Waals surface area contributed by atoms with Gasteiger partial charge in [0.15, 0.2) is 0 Å². The molecule has 1 nitrogen and oxygen atoms in total. The van der Waals surface area contributed by atoms with E-state index in [-0.39, 0.29) is 5.83 Å². The molecule has 2 aliphatic rings. The molecule has 1 N–H and O–H groups in total. The summed E-state index contributed by atoms with van der Waals surface area (Å²) in [6.07, 6.45) is 11.2. The molecular weight excluding hydrogens is 249 g/mol. The quantitative estimate of drug-likeness (QED) is 0.774. The van der Waals surface area contributed by atoms with E-state index in [1.807, 2.05) is 6.08 Å². The molecule has 2 rings (SSSR count). The predicted octanol–water partition coefficient (Wildman–Crippen LogP) is 4.62. The molecule has 0 spiro atoms. The minimum Gasteiger partial charge on any atom is -0.310 e. The molecule has 108 valence electrons. The zero-order chi connectivity index (χ0) is 14.7. The lowest BCUT2D eigenvalue weighted by molar-refractivity contribution is 0.516. The fraction of sp³-hybridized carbons (Fsp3) is 0.444. The Kier molecular flexibility index (Phi) is 4.77. The van der Waals surface area contributed by atoms with E-state index in [4.69, 9.17) is 0 Å². The SMILES string of the molecule is CC1=CCC(=C/C=C(\C)F)/C1=C/C1=CC(C)CNC1C. The average molecular weight is 273 g/mol. The van der Waals surface area contributed by atoms with Crippen molar-refractivity contribution in [1.82, 2.24) is 5.32 Å². The fourth-order valence-corrected chi connectivity index (χ4v) is 2.67. The van der Waals surface area contributed by atoms with Gasteiger partial charge < -0.3 is 5.32 Å². The van der Waals surface area contributed by atoms with Crippen LogP contribution in [0.5, 0.6) is 0 Å². The lowest BCUT2D eigenvalue weighted by Gasteiger charge is -2.25. The Balaban J connectivity index is 2.32. The van der Waals surface area contributed by atoms with Crippen molar-refractivity contribution in [3.05, 3.63) is 58.5 Å². The van der Waals surface area contributed by atoms with Gasteiger partial charge in [-0.15, -0.1) is 0 Å². The highest BCUT2D eigenvalue weighted by Gasteiger charge is 2.18. The van der Waals surface area contributed by atoms with Crippen LogP contribution in [0.25, 0.3) is 0 Å². The molecule has 0 saturated heterocycles. The van der Waals surface area contributed by atoms with Crippen molar-refractivity contribution < 1.29 is 4.39 Å². The van der Waals surface area contributed by atoms with Crippen LogP contribution in [-0.4, -0.2) is 12.6 Å². The third kappa shape index (κ3) is 3.57. The van der Waals surface area contributed by atoms with Crippen LogP contribution in [-0.2, 0) is 0 Å². The molecule has 2 heteroatoms. The first kappa shape index (κ1) is 15.0. The van der Waals surface area contributed by atoms with E-state index in [1.165, 1.54) is 29.2 Å². The van der Waals surface area contributed by atoms with E-state index >= 15 is 0 Å². The van der Waals surface area contributed by atoms with Crippen LogP contribution in [0.1, 0.15) is 34.1 Å². The Bertz CT molecular complexity index is 528. The first-order chi connectivity index (χ1) is 9.47. The summed E-state index contributed by atoms with van der Waals surface area (Å²) >= 11 is 0. The van der Waals surface area contributed by atoms with Gasteiger partial charge in [0, 0.05) is 12.6 Å². The van der Waals surface area contributed by atoms with Crippen molar-refractivity contribution >= 4 is 0 Å². The topological polar surface area (TPSA) is 12.0 Å². The highest BCUT2D eigenvalue weighted by molar-refractivity contribution is 5.56. The second-order valence-corrected chi connectivity index (χ2v) is 5.87. The molecule has 0 bridgehead atoms. The van der Waals surface area contributed by atoms with Crippen molar-refractivity contribution in [2.24, 2.45) is 5.92 Å². The number of hydrogen-bond acceptors (Lipinski definition) is 1. The van der Waals surface area contributed by atoms with E-state index < -0.39 is 0 Å². The van der Waals surface area contributed by atoms with Gasteiger partial charge in [-0.05, 0) is 67.6 Å². The standard InChI is InChI=1S/C18H24FN/c1-12-9-17(15(4)20-11-12)10-18-13(2)5-7-16(18)8-6-14(3)19/h5-6,8-10,12,15,20H,7,11H2,1-4H3/b14-6+,16-8-,18-10+. The number of hydrogen-bond donors (Lipinski definition) is 1. The molecule has 1 aliphatic heterocycles. The van der Waals surface area contributed by atoms with Crippen LogP contribution in [0.3, 0.4) is 0 Å². The van der Waals surface area contributed by atoms with Crippen LogP contribution < -0.4 is 5.32 Å². The minimum atomic E-state index is -0.151. The maximum absolute atomic E-state index is 12.9. The second-order valence-electron chi connectivity index (χ2n) is 5.87. The van der Waals surface area contributed by atoms with Gasteiger partial charge in [0.05, 0.1) is 5.83 Å². The molecule has 20 heavy (non-hydrogen) atoms. The lowest BCUT2D eigenvalue weighted by atomic mass is 9.93. The van der Waals surface area contributed by atoms with Crippen molar-refractivity contribution in [2.75, 3.05) is 6.54 Å². The molecule has 0 fully saturated rings. The molecule has 1 heterocycles. The van der Waals surface area contributed by atoms with Gasteiger partial charge >= 0.3 is 0 Å². The molecule has 1 aliphatic carbocycles. The van der Waals surface area contributed by atoms with Crippen molar-refractivity contribution in [2.45, 2.75) is 40.2 Å². The normalized spacial score (nSPS) is 31.8. The van der Waals surface area contributed by atoms with Crippen LogP contribution in [0.4, 0.5) is 4.39 Å². The van der Waals surface area contributed by atoms with Crippen molar-refractivity contribution in [3.8, 4) is 0 Å². The van der Waals surface area contributed by atoms with Crippen LogP contribution >= 0.6 is 0 Å². The summed E-state index contributed by atoms with van der Waals surface area (Å²) in [6, 6.07) is 0.381. The van der Waals surface area contributed by atoms with E-state index in [1.54, 1.807) is 6.08 Å². The highest BCUT2D eigenvalue weighted by Crippen LogP contribution is 2.32. The zero-order valence-electron chi connectivity index (χ0n) is 12.8. The second kappa shape index (κ2) is 6.36. The molecule has 0 aromatic rings. The van der Waals surface area contributed by atoms with E-state index in [9.17, 15) is 4.39 Å². The minimum absolute atomic E-state index is 0.151. The third-order valence-corrected chi connectivity index (χ3v) is 3.95. The Morgan fingerprint density at radius 3 is 2.85 bits per heavy atom.